The van der Waals surface area contributed by atoms with Gasteiger partial charge in [-0.05, 0) is 42.3 Å². The molecule has 21 heavy (non-hydrogen) atoms. The minimum absolute atomic E-state index is 0.0601. The number of hydrogen-bond donors (Lipinski definition) is 2. The second-order valence-electron chi connectivity index (χ2n) is 4.86. The zero-order chi connectivity index (χ0) is 15.0. The van der Waals surface area contributed by atoms with E-state index in [1.54, 1.807) is 35.0 Å². The maximum absolute atomic E-state index is 12.2. The van der Waals surface area contributed by atoms with Crippen molar-refractivity contribution in [3.63, 3.8) is 0 Å². The highest BCUT2D eigenvalue weighted by Crippen LogP contribution is 2.21. The summed E-state index contributed by atoms with van der Waals surface area (Å²) in [5, 5.41) is 4.90. The largest absolute Gasteiger partial charge is 0.399 e. The monoisotopic (exact) mass is 321 g/mol. The van der Waals surface area contributed by atoms with E-state index >= 15 is 0 Å². The van der Waals surface area contributed by atoms with Crippen LogP contribution in [0.5, 0.6) is 0 Å². The van der Waals surface area contributed by atoms with E-state index in [9.17, 15) is 4.79 Å². The van der Waals surface area contributed by atoms with Gasteiger partial charge in [0.2, 0.25) is 0 Å². The zero-order valence-corrected chi connectivity index (χ0v) is 12.6. The average molecular weight is 322 g/mol. The lowest BCUT2D eigenvalue weighted by atomic mass is 10.1. The Morgan fingerprint density at radius 2 is 1.95 bits per heavy atom. The molecular weight excluding hydrogens is 309 g/mol. The summed E-state index contributed by atoms with van der Waals surface area (Å²) < 4.78 is 1.56. The second-order valence-corrected chi connectivity index (χ2v) is 5.70. The molecule has 3 aromatic rings. The van der Waals surface area contributed by atoms with Crippen molar-refractivity contribution >= 4 is 39.8 Å². The SMILES string of the molecule is Nc1ccc2c(=O)n(CCc3ccc(Cl)cc3Cl)[nH]c2c1. The highest BCUT2D eigenvalue weighted by molar-refractivity contribution is 6.35. The number of fused-ring (bicyclic) bond motifs is 1. The molecule has 0 amide bonds. The minimum Gasteiger partial charge on any atom is -0.399 e. The van der Waals surface area contributed by atoms with E-state index in [4.69, 9.17) is 28.9 Å². The Hall–Kier alpha value is -1.91. The van der Waals surface area contributed by atoms with Crippen molar-refractivity contribution in [1.29, 1.82) is 0 Å². The molecule has 0 saturated carbocycles. The molecule has 3 rings (SSSR count). The van der Waals surface area contributed by atoms with Gasteiger partial charge in [-0.15, -0.1) is 0 Å². The Labute approximate surface area is 131 Å². The van der Waals surface area contributed by atoms with Crippen molar-refractivity contribution in [3.05, 3.63) is 62.4 Å². The molecular formula is C15H13Cl2N3O. The quantitative estimate of drug-likeness (QED) is 0.725. The topological polar surface area (TPSA) is 63.8 Å². The molecule has 0 aliphatic rings. The molecule has 0 spiro atoms. The molecule has 0 saturated heterocycles. The number of hydrogen-bond acceptors (Lipinski definition) is 2. The summed E-state index contributed by atoms with van der Waals surface area (Å²) in [6.07, 6.45) is 0.637. The highest BCUT2D eigenvalue weighted by atomic mass is 35.5. The maximum Gasteiger partial charge on any atom is 0.274 e. The summed E-state index contributed by atoms with van der Waals surface area (Å²) >= 11 is 12.0. The van der Waals surface area contributed by atoms with Crippen molar-refractivity contribution in [2.75, 3.05) is 5.73 Å². The highest BCUT2D eigenvalue weighted by Gasteiger charge is 2.08. The van der Waals surface area contributed by atoms with Crippen LogP contribution in [0.25, 0.3) is 10.9 Å². The Kier molecular flexibility index (Phi) is 3.66. The third-order valence-electron chi connectivity index (χ3n) is 3.39. The van der Waals surface area contributed by atoms with Gasteiger partial charge in [0.05, 0.1) is 10.9 Å². The molecule has 0 aliphatic carbocycles. The van der Waals surface area contributed by atoms with Gasteiger partial charge in [0, 0.05) is 22.3 Å². The molecule has 1 aromatic heterocycles. The minimum atomic E-state index is -0.0601. The van der Waals surface area contributed by atoms with Crippen molar-refractivity contribution < 1.29 is 0 Å². The standard InChI is InChI=1S/C15H13Cl2N3O/c16-10-2-1-9(13(17)7-10)5-6-20-15(21)12-4-3-11(18)8-14(12)19-20/h1-4,7-8,19H,5-6,18H2. The Morgan fingerprint density at radius 3 is 2.71 bits per heavy atom. The van der Waals surface area contributed by atoms with Gasteiger partial charge in [0.1, 0.15) is 0 Å². The molecule has 2 aromatic carbocycles. The van der Waals surface area contributed by atoms with Crippen LogP contribution in [0.4, 0.5) is 5.69 Å². The molecule has 0 atom stereocenters. The number of anilines is 1. The van der Waals surface area contributed by atoms with Gasteiger partial charge in [0.15, 0.2) is 0 Å². The fraction of sp³-hybridized carbons (Fsp3) is 0.133. The van der Waals surface area contributed by atoms with Crippen LogP contribution in [0.2, 0.25) is 10.0 Å². The number of benzene rings is 2. The number of nitrogens with two attached hydrogens (primary N) is 1. The Morgan fingerprint density at radius 1 is 1.14 bits per heavy atom. The first-order valence-corrected chi connectivity index (χ1v) is 7.22. The number of nitrogen functional groups attached to an aromatic ring is 1. The van der Waals surface area contributed by atoms with E-state index in [2.05, 4.69) is 5.10 Å². The van der Waals surface area contributed by atoms with E-state index in [-0.39, 0.29) is 5.56 Å². The number of aryl methyl sites for hydroxylation is 2. The van der Waals surface area contributed by atoms with Crippen LogP contribution in [0.3, 0.4) is 0 Å². The third kappa shape index (κ3) is 2.77. The lowest BCUT2D eigenvalue weighted by molar-refractivity contribution is 0.603. The normalized spacial score (nSPS) is 11.1. The molecule has 6 heteroatoms. The first-order chi connectivity index (χ1) is 10.0. The molecule has 0 unspecified atom stereocenters. The lowest BCUT2D eigenvalue weighted by Gasteiger charge is -2.05. The predicted molar refractivity (Wildman–Crippen MR) is 87.1 cm³/mol. The molecule has 0 aliphatic heterocycles. The van der Waals surface area contributed by atoms with E-state index in [1.807, 2.05) is 6.07 Å². The number of aromatic nitrogens is 2. The first-order valence-electron chi connectivity index (χ1n) is 6.46. The summed E-state index contributed by atoms with van der Waals surface area (Å²) in [5.74, 6) is 0. The average Bonchev–Trinajstić information content (AvgIpc) is 2.74. The third-order valence-corrected chi connectivity index (χ3v) is 3.98. The van der Waals surface area contributed by atoms with Gasteiger partial charge in [-0.25, -0.2) is 0 Å². The number of H-pyrrole nitrogens is 1. The van der Waals surface area contributed by atoms with Crippen LogP contribution in [0.15, 0.2) is 41.2 Å². The molecule has 0 radical (unpaired) electrons. The van der Waals surface area contributed by atoms with Gasteiger partial charge in [-0.2, -0.15) is 0 Å². The summed E-state index contributed by atoms with van der Waals surface area (Å²) in [4.78, 5) is 12.2. The smallest absolute Gasteiger partial charge is 0.274 e. The van der Waals surface area contributed by atoms with Crippen molar-refractivity contribution in [3.8, 4) is 0 Å². The summed E-state index contributed by atoms with van der Waals surface area (Å²) in [6, 6.07) is 10.6. The fourth-order valence-electron chi connectivity index (χ4n) is 2.30. The molecule has 108 valence electrons. The van der Waals surface area contributed by atoms with Crippen molar-refractivity contribution in [2.24, 2.45) is 0 Å². The van der Waals surface area contributed by atoms with E-state index in [0.717, 1.165) is 11.1 Å². The maximum atomic E-state index is 12.2. The summed E-state index contributed by atoms with van der Waals surface area (Å²) in [7, 11) is 0. The Bertz CT molecular complexity index is 867. The first kappa shape index (κ1) is 14.0. The van der Waals surface area contributed by atoms with Gasteiger partial charge in [0.25, 0.3) is 5.56 Å². The number of rotatable bonds is 3. The van der Waals surface area contributed by atoms with Crippen LogP contribution in [0, 0.1) is 0 Å². The van der Waals surface area contributed by atoms with E-state index in [1.165, 1.54) is 0 Å². The van der Waals surface area contributed by atoms with E-state index < -0.39 is 0 Å². The summed E-state index contributed by atoms with van der Waals surface area (Å²) in [5.41, 5.74) is 7.97. The predicted octanol–water partition coefficient (Wildman–Crippen LogP) is 3.46. The van der Waals surface area contributed by atoms with Crippen LogP contribution in [-0.4, -0.2) is 9.78 Å². The van der Waals surface area contributed by atoms with Gasteiger partial charge in [-0.3, -0.25) is 14.6 Å². The van der Waals surface area contributed by atoms with E-state index in [0.29, 0.717) is 34.1 Å². The van der Waals surface area contributed by atoms with Crippen LogP contribution >= 0.6 is 23.2 Å². The van der Waals surface area contributed by atoms with Gasteiger partial charge < -0.3 is 5.73 Å². The summed E-state index contributed by atoms with van der Waals surface area (Å²) in [6.45, 7) is 0.509. The number of aromatic amines is 1. The van der Waals surface area contributed by atoms with Crippen LogP contribution < -0.4 is 11.3 Å². The molecule has 3 N–H and O–H groups in total. The molecule has 4 nitrogen and oxygen atoms in total. The van der Waals surface area contributed by atoms with Crippen LogP contribution in [0.1, 0.15) is 5.56 Å². The van der Waals surface area contributed by atoms with Crippen molar-refractivity contribution in [2.45, 2.75) is 13.0 Å². The molecule has 0 fully saturated rings. The van der Waals surface area contributed by atoms with Gasteiger partial charge >= 0.3 is 0 Å². The Balaban J connectivity index is 1.88. The number of nitrogens with zero attached hydrogens (tertiary/aromatic N) is 1. The lowest BCUT2D eigenvalue weighted by Crippen LogP contribution is -2.17. The molecule has 0 bridgehead atoms. The number of halogens is 2. The fourth-order valence-corrected chi connectivity index (χ4v) is 2.80. The number of nitrogens with one attached hydrogen (secondary N) is 1. The zero-order valence-electron chi connectivity index (χ0n) is 11.1. The second kappa shape index (κ2) is 5.47. The van der Waals surface area contributed by atoms with Crippen LogP contribution in [-0.2, 0) is 13.0 Å². The van der Waals surface area contributed by atoms with Gasteiger partial charge in [-0.1, -0.05) is 29.3 Å². The van der Waals surface area contributed by atoms with Crippen molar-refractivity contribution in [1.82, 2.24) is 9.78 Å². The molecule has 1 heterocycles.